The highest BCUT2D eigenvalue weighted by Gasteiger charge is 2.08. The Morgan fingerprint density at radius 1 is 1.30 bits per heavy atom. The molecule has 5 nitrogen and oxygen atoms in total. The first-order valence-corrected chi connectivity index (χ1v) is 6.59. The van der Waals surface area contributed by atoms with Crippen molar-refractivity contribution in [2.24, 2.45) is 0 Å². The predicted molar refractivity (Wildman–Crippen MR) is 78.2 cm³/mol. The van der Waals surface area contributed by atoms with E-state index in [4.69, 9.17) is 4.42 Å². The smallest absolute Gasteiger partial charge is 0.125 e. The molecule has 2 heterocycles. The second-order valence-electron chi connectivity index (χ2n) is 4.69. The van der Waals surface area contributed by atoms with E-state index in [2.05, 4.69) is 28.4 Å². The number of furan rings is 1. The fourth-order valence-corrected chi connectivity index (χ4v) is 2.02. The van der Waals surface area contributed by atoms with Gasteiger partial charge in [-0.1, -0.05) is 17.4 Å². The molecule has 0 saturated heterocycles. The normalized spacial score (nSPS) is 10.9. The third kappa shape index (κ3) is 3.93. The van der Waals surface area contributed by atoms with Crippen molar-refractivity contribution in [3.8, 4) is 0 Å². The summed E-state index contributed by atoms with van der Waals surface area (Å²) in [5.74, 6) is 1.79. The summed E-state index contributed by atoms with van der Waals surface area (Å²) in [5, 5.41) is 8.31. The third-order valence-corrected chi connectivity index (χ3v) is 2.86. The topological polar surface area (TPSA) is 47.1 Å². The lowest BCUT2D eigenvalue weighted by molar-refractivity contribution is 0.323. The molecular formula is C15H20N4O. The van der Waals surface area contributed by atoms with Crippen LogP contribution in [-0.4, -0.2) is 33.0 Å². The first-order chi connectivity index (χ1) is 9.71. The minimum atomic E-state index is 0.601. The molecule has 106 valence electrons. The Balaban J connectivity index is 1.97. The molecule has 0 unspecified atom stereocenters. The van der Waals surface area contributed by atoms with Gasteiger partial charge in [0, 0.05) is 19.6 Å². The lowest BCUT2D eigenvalue weighted by Crippen LogP contribution is -2.23. The summed E-state index contributed by atoms with van der Waals surface area (Å²) in [7, 11) is 0. The molecule has 0 atom stereocenters. The van der Waals surface area contributed by atoms with Gasteiger partial charge in [-0.15, -0.1) is 18.3 Å². The Bertz CT molecular complexity index is 560. The van der Waals surface area contributed by atoms with Gasteiger partial charge in [-0.2, -0.15) is 0 Å². The van der Waals surface area contributed by atoms with E-state index in [1.54, 1.807) is 4.68 Å². The summed E-state index contributed by atoms with van der Waals surface area (Å²) in [4.78, 5) is 2.19. The maximum absolute atomic E-state index is 5.53. The minimum Gasteiger partial charge on any atom is -0.464 e. The van der Waals surface area contributed by atoms with Crippen molar-refractivity contribution >= 4 is 0 Å². The van der Waals surface area contributed by atoms with Crippen molar-refractivity contribution < 1.29 is 4.42 Å². The number of hydrogen-bond acceptors (Lipinski definition) is 4. The second-order valence-corrected chi connectivity index (χ2v) is 4.69. The molecular weight excluding hydrogens is 252 g/mol. The highest BCUT2D eigenvalue weighted by molar-refractivity contribution is 5.06. The average molecular weight is 272 g/mol. The van der Waals surface area contributed by atoms with E-state index < -0.39 is 0 Å². The van der Waals surface area contributed by atoms with Crippen LogP contribution >= 0.6 is 0 Å². The van der Waals surface area contributed by atoms with Gasteiger partial charge in [0.1, 0.15) is 18.1 Å². The molecule has 0 aliphatic rings. The van der Waals surface area contributed by atoms with Gasteiger partial charge in [0.15, 0.2) is 0 Å². The molecule has 0 saturated carbocycles. The van der Waals surface area contributed by atoms with Crippen LogP contribution in [0.15, 0.2) is 48.1 Å². The van der Waals surface area contributed by atoms with Crippen molar-refractivity contribution in [2.75, 3.05) is 13.1 Å². The summed E-state index contributed by atoms with van der Waals surface area (Å²) in [6.45, 7) is 12.4. The maximum Gasteiger partial charge on any atom is 0.125 e. The summed E-state index contributed by atoms with van der Waals surface area (Å²) >= 11 is 0. The van der Waals surface area contributed by atoms with E-state index in [0.29, 0.717) is 6.54 Å². The van der Waals surface area contributed by atoms with Crippen LogP contribution < -0.4 is 0 Å². The molecule has 0 radical (unpaired) electrons. The Labute approximate surface area is 119 Å². The van der Waals surface area contributed by atoms with E-state index in [1.807, 2.05) is 37.4 Å². The van der Waals surface area contributed by atoms with E-state index in [9.17, 15) is 0 Å². The average Bonchev–Trinajstić information content (AvgIpc) is 3.00. The van der Waals surface area contributed by atoms with Gasteiger partial charge < -0.3 is 4.42 Å². The molecule has 0 amide bonds. The number of rotatable bonds is 8. The molecule has 20 heavy (non-hydrogen) atoms. The minimum absolute atomic E-state index is 0.601. The van der Waals surface area contributed by atoms with Gasteiger partial charge in [-0.3, -0.25) is 4.90 Å². The van der Waals surface area contributed by atoms with E-state index in [-0.39, 0.29) is 0 Å². The van der Waals surface area contributed by atoms with Crippen molar-refractivity contribution in [3.63, 3.8) is 0 Å². The van der Waals surface area contributed by atoms with Gasteiger partial charge >= 0.3 is 0 Å². The van der Waals surface area contributed by atoms with E-state index in [0.717, 1.165) is 36.8 Å². The summed E-state index contributed by atoms with van der Waals surface area (Å²) in [6, 6.07) is 3.90. The van der Waals surface area contributed by atoms with Crippen molar-refractivity contribution in [2.45, 2.75) is 20.0 Å². The maximum atomic E-state index is 5.53. The highest BCUT2D eigenvalue weighted by atomic mass is 16.3. The van der Waals surface area contributed by atoms with Gasteiger partial charge in [-0.25, -0.2) is 4.68 Å². The zero-order valence-corrected chi connectivity index (χ0v) is 11.8. The predicted octanol–water partition coefficient (Wildman–Crippen LogP) is 2.40. The molecule has 0 spiro atoms. The first-order valence-electron chi connectivity index (χ1n) is 6.59. The van der Waals surface area contributed by atoms with Gasteiger partial charge in [-0.05, 0) is 19.1 Å². The number of nitrogens with zero attached hydrogens (tertiary/aromatic N) is 4. The third-order valence-electron chi connectivity index (χ3n) is 2.86. The van der Waals surface area contributed by atoms with Crippen molar-refractivity contribution in [1.29, 1.82) is 0 Å². The standard InChI is InChI=1S/C15H20N4O/c1-4-8-18(9-5-2)10-14-11-19(17-16-14)12-15-7-6-13(3)20-15/h4-7,11H,1-2,8-10,12H2,3H3. The van der Waals surface area contributed by atoms with Crippen LogP contribution in [0.25, 0.3) is 0 Å². The lowest BCUT2D eigenvalue weighted by atomic mass is 10.3. The van der Waals surface area contributed by atoms with Crippen LogP contribution in [0, 0.1) is 6.92 Å². The largest absolute Gasteiger partial charge is 0.464 e. The van der Waals surface area contributed by atoms with Crippen molar-refractivity contribution in [3.05, 3.63) is 60.9 Å². The molecule has 0 N–H and O–H groups in total. The highest BCUT2D eigenvalue weighted by Crippen LogP contribution is 2.08. The summed E-state index contributed by atoms with van der Waals surface area (Å²) < 4.78 is 7.31. The van der Waals surface area contributed by atoms with Crippen molar-refractivity contribution in [1.82, 2.24) is 19.9 Å². The fraction of sp³-hybridized carbons (Fsp3) is 0.333. The van der Waals surface area contributed by atoms with Crippen LogP contribution in [0.1, 0.15) is 17.2 Å². The zero-order valence-electron chi connectivity index (χ0n) is 11.8. The fourth-order valence-electron chi connectivity index (χ4n) is 2.02. The van der Waals surface area contributed by atoms with Crippen LogP contribution in [0.4, 0.5) is 0 Å². The lowest BCUT2D eigenvalue weighted by Gasteiger charge is -2.16. The van der Waals surface area contributed by atoms with Crippen LogP contribution in [-0.2, 0) is 13.1 Å². The second kappa shape index (κ2) is 6.86. The summed E-state index contributed by atoms with van der Waals surface area (Å²) in [6.07, 6.45) is 5.69. The number of aromatic nitrogens is 3. The first kappa shape index (κ1) is 14.3. The van der Waals surface area contributed by atoms with E-state index >= 15 is 0 Å². The molecule has 0 aromatic carbocycles. The Morgan fingerprint density at radius 2 is 2.05 bits per heavy atom. The molecule has 2 rings (SSSR count). The molecule has 2 aromatic heterocycles. The van der Waals surface area contributed by atoms with Crippen LogP contribution in [0.5, 0.6) is 0 Å². The van der Waals surface area contributed by atoms with Gasteiger partial charge in [0.2, 0.25) is 0 Å². The molecule has 2 aromatic rings. The Hall–Kier alpha value is -2.14. The molecule has 5 heteroatoms. The zero-order chi connectivity index (χ0) is 14.4. The van der Waals surface area contributed by atoms with E-state index in [1.165, 1.54) is 0 Å². The van der Waals surface area contributed by atoms with Crippen LogP contribution in [0.2, 0.25) is 0 Å². The summed E-state index contributed by atoms with van der Waals surface area (Å²) in [5.41, 5.74) is 0.928. The Kier molecular flexibility index (Phi) is 4.90. The molecule has 0 aliphatic carbocycles. The SMILES string of the molecule is C=CCN(CC=C)Cc1cn(Cc2ccc(C)o2)nn1. The molecule has 0 aliphatic heterocycles. The Morgan fingerprint density at radius 3 is 2.65 bits per heavy atom. The number of hydrogen-bond donors (Lipinski definition) is 0. The van der Waals surface area contributed by atoms with Gasteiger partial charge in [0.05, 0.1) is 11.9 Å². The van der Waals surface area contributed by atoms with Crippen LogP contribution in [0.3, 0.4) is 0 Å². The van der Waals surface area contributed by atoms with Gasteiger partial charge in [0.25, 0.3) is 0 Å². The monoisotopic (exact) mass is 272 g/mol. The number of aryl methyl sites for hydroxylation is 1. The molecule has 0 fully saturated rings. The molecule has 0 bridgehead atoms. The quantitative estimate of drug-likeness (QED) is 0.692.